The first kappa shape index (κ1) is 14.4. The van der Waals surface area contributed by atoms with Gasteiger partial charge in [0.05, 0.1) is 0 Å². The van der Waals surface area contributed by atoms with Crippen molar-refractivity contribution in [3.05, 3.63) is 29.3 Å². The predicted octanol–water partition coefficient (Wildman–Crippen LogP) is 3.38. The molecule has 0 spiro atoms. The van der Waals surface area contributed by atoms with Gasteiger partial charge in [-0.3, -0.25) is 0 Å². The topological polar surface area (TPSA) is 15.3 Å². The maximum Gasteiger partial charge on any atom is 0.0428 e. The SMILES string of the molecule is CCc1cccc(C)c1N1CCC(C)(C)C(NC)C1. The number of nitrogens with zero attached hydrogens (tertiary/aromatic N) is 1. The van der Waals surface area contributed by atoms with E-state index in [1.807, 2.05) is 0 Å². The Balaban J connectivity index is 2.29. The summed E-state index contributed by atoms with van der Waals surface area (Å²) in [5.74, 6) is 0. The molecule has 1 aliphatic rings. The van der Waals surface area contributed by atoms with Crippen molar-refractivity contribution in [3.63, 3.8) is 0 Å². The van der Waals surface area contributed by atoms with E-state index in [2.05, 4.69) is 63.2 Å². The van der Waals surface area contributed by atoms with Crippen molar-refractivity contribution in [2.75, 3.05) is 25.0 Å². The highest BCUT2D eigenvalue weighted by Gasteiger charge is 2.35. The zero-order chi connectivity index (χ0) is 14.0. The summed E-state index contributed by atoms with van der Waals surface area (Å²) in [6, 6.07) is 7.26. The van der Waals surface area contributed by atoms with Crippen LogP contribution < -0.4 is 10.2 Å². The van der Waals surface area contributed by atoms with Crippen molar-refractivity contribution in [3.8, 4) is 0 Å². The van der Waals surface area contributed by atoms with Gasteiger partial charge in [0.2, 0.25) is 0 Å². The minimum absolute atomic E-state index is 0.389. The Hall–Kier alpha value is -1.02. The number of benzene rings is 1. The van der Waals surface area contributed by atoms with Gasteiger partial charge in [0.15, 0.2) is 0 Å². The first-order valence-corrected chi connectivity index (χ1v) is 7.50. The number of anilines is 1. The van der Waals surface area contributed by atoms with Crippen LogP contribution in [0.5, 0.6) is 0 Å². The fourth-order valence-corrected chi connectivity index (χ4v) is 3.30. The second kappa shape index (κ2) is 5.54. The van der Waals surface area contributed by atoms with Crippen LogP contribution in [0.4, 0.5) is 5.69 Å². The van der Waals surface area contributed by atoms with Gasteiger partial charge in [-0.25, -0.2) is 0 Å². The number of para-hydroxylation sites is 1. The highest BCUT2D eigenvalue weighted by molar-refractivity contribution is 5.60. The van der Waals surface area contributed by atoms with Crippen molar-refractivity contribution >= 4 is 5.69 Å². The molecule has 0 amide bonds. The summed E-state index contributed by atoms with van der Waals surface area (Å²) in [6.45, 7) is 11.5. The number of likely N-dealkylation sites (N-methyl/N-ethyl adjacent to an activating group) is 1. The molecule has 2 rings (SSSR count). The number of hydrogen-bond donors (Lipinski definition) is 1. The molecule has 106 valence electrons. The average Bonchev–Trinajstić information content (AvgIpc) is 2.38. The van der Waals surface area contributed by atoms with E-state index >= 15 is 0 Å². The van der Waals surface area contributed by atoms with Crippen LogP contribution in [0.1, 0.15) is 38.3 Å². The predicted molar refractivity (Wildman–Crippen MR) is 84.0 cm³/mol. The Morgan fingerprint density at radius 3 is 2.74 bits per heavy atom. The van der Waals surface area contributed by atoms with Crippen molar-refractivity contribution in [2.45, 2.75) is 46.6 Å². The van der Waals surface area contributed by atoms with Crippen molar-refractivity contribution < 1.29 is 0 Å². The van der Waals surface area contributed by atoms with E-state index in [0.717, 1.165) is 13.0 Å². The molecule has 0 saturated carbocycles. The molecule has 2 heteroatoms. The van der Waals surface area contributed by atoms with Gasteiger partial charge in [-0.15, -0.1) is 0 Å². The molecule has 1 aromatic rings. The summed E-state index contributed by atoms with van der Waals surface area (Å²) in [5, 5.41) is 3.51. The summed E-state index contributed by atoms with van der Waals surface area (Å²) in [6.07, 6.45) is 2.36. The van der Waals surface area contributed by atoms with Crippen LogP contribution in [0.3, 0.4) is 0 Å². The first-order valence-electron chi connectivity index (χ1n) is 7.50. The van der Waals surface area contributed by atoms with E-state index in [4.69, 9.17) is 0 Å². The number of piperidine rings is 1. The molecular weight excluding hydrogens is 232 g/mol. The van der Waals surface area contributed by atoms with E-state index in [0.29, 0.717) is 11.5 Å². The number of aryl methyl sites for hydroxylation is 2. The maximum absolute atomic E-state index is 3.51. The second-order valence-electron chi connectivity index (χ2n) is 6.46. The molecule has 19 heavy (non-hydrogen) atoms. The van der Waals surface area contributed by atoms with Crippen LogP contribution in [0.25, 0.3) is 0 Å². The molecule has 1 unspecified atom stereocenters. The van der Waals surface area contributed by atoms with Gasteiger partial charge in [0, 0.05) is 24.8 Å². The summed E-state index contributed by atoms with van der Waals surface area (Å²) >= 11 is 0. The smallest absolute Gasteiger partial charge is 0.0428 e. The van der Waals surface area contributed by atoms with Crippen molar-refractivity contribution in [2.24, 2.45) is 5.41 Å². The molecule has 0 aromatic heterocycles. The Labute approximate surface area is 118 Å². The lowest BCUT2D eigenvalue weighted by molar-refractivity contribution is 0.207. The zero-order valence-corrected chi connectivity index (χ0v) is 13.1. The van der Waals surface area contributed by atoms with Crippen LogP contribution in [0, 0.1) is 12.3 Å². The molecule has 0 radical (unpaired) electrons. The fraction of sp³-hybridized carbons (Fsp3) is 0.647. The standard InChI is InChI=1S/C17H28N2/c1-6-14-9-7-8-13(2)16(14)19-11-10-17(3,4)15(12-19)18-5/h7-9,15,18H,6,10-12H2,1-5H3. The molecule has 2 nitrogen and oxygen atoms in total. The van der Waals surface area contributed by atoms with Gasteiger partial charge in [-0.1, -0.05) is 39.0 Å². The molecule has 1 N–H and O–H groups in total. The lowest BCUT2D eigenvalue weighted by atomic mass is 9.78. The van der Waals surface area contributed by atoms with Crippen molar-refractivity contribution in [1.82, 2.24) is 5.32 Å². The summed E-state index contributed by atoms with van der Waals surface area (Å²) in [4.78, 5) is 2.58. The Morgan fingerprint density at radius 1 is 1.37 bits per heavy atom. The Bertz CT molecular complexity index is 437. The van der Waals surface area contributed by atoms with Crippen LogP contribution >= 0.6 is 0 Å². The zero-order valence-electron chi connectivity index (χ0n) is 13.1. The van der Waals surface area contributed by atoms with Crippen LogP contribution in [0.15, 0.2) is 18.2 Å². The number of nitrogens with one attached hydrogen (secondary N) is 1. The third kappa shape index (κ3) is 2.79. The average molecular weight is 260 g/mol. The fourth-order valence-electron chi connectivity index (χ4n) is 3.30. The largest absolute Gasteiger partial charge is 0.369 e. The van der Waals surface area contributed by atoms with Crippen molar-refractivity contribution in [1.29, 1.82) is 0 Å². The van der Waals surface area contributed by atoms with Crippen LogP contribution in [-0.2, 0) is 6.42 Å². The Kier molecular flexibility index (Phi) is 4.19. The van der Waals surface area contributed by atoms with E-state index in [-0.39, 0.29) is 0 Å². The van der Waals surface area contributed by atoms with Gasteiger partial charge in [-0.2, -0.15) is 0 Å². The molecule has 0 bridgehead atoms. The Morgan fingerprint density at radius 2 is 2.11 bits per heavy atom. The first-order chi connectivity index (χ1) is 8.99. The normalized spacial score (nSPS) is 22.6. The van der Waals surface area contributed by atoms with E-state index in [1.165, 1.54) is 29.8 Å². The van der Waals surface area contributed by atoms with E-state index in [9.17, 15) is 0 Å². The number of rotatable bonds is 3. The van der Waals surface area contributed by atoms with Crippen LogP contribution in [0.2, 0.25) is 0 Å². The molecule has 1 aromatic carbocycles. The summed E-state index contributed by atoms with van der Waals surface area (Å²) in [5.41, 5.74) is 4.75. The molecular formula is C17H28N2. The molecule has 1 atom stereocenters. The lowest BCUT2D eigenvalue weighted by Crippen LogP contribution is -2.54. The monoisotopic (exact) mass is 260 g/mol. The minimum atomic E-state index is 0.389. The molecule has 1 heterocycles. The maximum atomic E-state index is 3.51. The molecule has 1 saturated heterocycles. The van der Waals surface area contributed by atoms with Gasteiger partial charge >= 0.3 is 0 Å². The van der Waals surface area contributed by atoms with Crippen LogP contribution in [-0.4, -0.2) is 26.2 Å². The molecule has 0 aliphatic carbocycles. The van der Waals surface area contributed by atoms with Gasteiger partial charge < -0.3 is 10.2 Å². The second-order valence-corrected chi connectivity index (χ2v) is 6.46. The van der Waals surface area contributed by atoms with Gasteiger partial charge in [0.1, 0.15) is 0 Å². The lowest BCUT2D eigenvalue weighted by Gasteiger charge is -2.45. The third-order valence-corrected chi connectivity index (χ3v) is 4.74. The summed E-state index contributed by atoms with van der Waals surface area (Å²) < 4.78 is 0. The van der Waals surface area contributed by atoms with E-state index < -0.39 is 0 Å². The summed E-state index contributed by atoms with van der Waals surface area (Å²) in [7, 11) is 2.09. The third-order valence-electron chi connectivity index (χ3n) is 4.74. The quantitative estimate of drug-likeness (QED) is 0.896. The van der Waals surface area contributed by atoms with Gasteiger partial charge in [0.25, 0.3) is 0 Å². The highest BCUT2D eigenvalue weighted by Crippen LogP contribution is 2.35. The van der Waals surface area contributed by atoms with Gasteiger partial charge in [-0.05, 0) is 43.4 Å². The van der Waals surface area contributed by atoms with E-state index in [1.54, 1.807) is 0 Å². The molecule has 1 aliphatic heterocycles. The molecule has 1 fully saturated rings. The highest BCUT2D eigenvalue weighted by atomic mass is 15.2. The number of hydrogen-bond acceptors (Lipinski definition) is 2. The minimum Gasteiger partial charge on any atom is -0.369 e.